The van der Waals surface area contributed by atoms with Crippen molar-refractivity contribution < 1.29 is 17.6 Å². The van der Waals surface area contributed by atoms with Crippen molar-refractivity contribution in [3.8, 4) is 0 Å². The highest BCUT2D eigenvalue weighted by Crippen LogP contribution is 2.25. The van der Waals surface area contributed by atoms with Crippen LogP contribution >= 0.6 is 27.9 Å². The number of rotatable bonds is 4. The molecule has 0 atom stereocenters. The van der Waals surface area contributed by atoms with Crippen molar-refractivity contribution in [1.29, 1.82) is 0 Å². The minimum Gasteiger partial charge on any atom is -0.327 e. The molecule has 0 radical (unpaired) electrons. The molecule has 0 unspecified atom stereocenters. The molecule has 0 aliphatic carbocycles. The van der Waals surface area contributed by atoms with E-state index in [1.807, 2.05) is 0 Å². The van der Waals surface area contributed by atoms with Crippen molar-refractivity contribution in [2.45, 2.75) is 12.6 Å². The third-order valence-electron chi connectivity index (χ3n) is 1.60. The maximum absolute atomic E-state index is 13.2. The molecule has 0 amide bonds. The molecule has 0 heterocycles. The van der Waals surface area contributed by atoms with Gasteiger partial charge in [0.1, 0.15) is 5.82 Å². The SMILES string of the molecule is Fc1cc(Br)ccc1NSCCC(F)(F)F. The Kier molecular flexibility index (Phi) is 4.91. The number of hydrogen-bond donors (Lipinski definition) is 1. The number of nitrogens with one attached hydrogen (secondary N) is 1. The molecular formula is C9H8BrF4NS. The molecule has 0 saturated carbocycles. The van der Waals surface area contributed by atoms with E-state index in [-0.39, 0.29) is 11.4 Å². The molecule has 1 aromatic rings. The van der Waals surface area contributed by atoms with Crippen LogP contribution in [0.25, 0.3) is 0 Å². The normalized spacial score (nSPS) is 11.6. The van der Waals surface area contributed by atoms with Crippen LogP contribution in [-0.4, -0.2) is 11.9 Å². The molecule has 7 heteroatoms. The second-order valence-corrected chi connectivity index (χ2v) is 4.76. The second-order valence-electron chi connectivity index (χ2n) is 2.94. The van der Waals surface area contributed by atoms with E-state index in [0.717, 1.165) is 11.9 Å². The van der Waals surface area contributed by atoms with E-state index in [4.69, 9.17) is 0 Å². The molecule has 0 fully saturated rings. The van der Waals surface area contributed by atoms with Crippen molar-refractivity contribution in [2.75, 3.05) is 10.5 Å². The minimum absolute atomic E-state index is 0.154. The highest BCUT2D eigenvalue weighted by molar-refractivity contribution is 9.10. The van der Waals surface area contributed by atoms with E-state index < -0.39 is 18.4 Å². The molecule has 0 bridgehead atoms. The largest absolute Gasteiger partial charge is 0.389 e. The summed E-state index contributed by atoms with van der Waals surface area (Å²) in [5.74, 6) is -0.659. The van der Waals surface area contributed by atoms with Crippen LogP contribution in [-0.2, 0) is 0 Å². The molecular weight excluding hydrogens is 310 g/mol. The van der Waals surface area contributed by atoms with Gasteiger partial charge < -0.3 is 4.72 Å². The molecule has 0 spiro atoms. The summed E-state index contributed by atoms with van der Waals surface area (Å²) in [6.45, 7) is 0. The maximum atomic E-state index is 13.2. The lowest BCUT2D eigenvalue weighted by atomic mass is 10.3. The van der Waals surface area contributed by atoms with E-state index in [9.17, 15) is 17.6 Å². The Morgan fingerprint density at radius 2 is 2.00 bits per heavy atom. The van der Waals surface area contributed by atoms with E-state index in [1.165, 1.54) is 12.1 Å². The van der Waals surface area contributed by atoms with Crippen molar-refractivity contribution in [1.82, 2.24) is 0 Å². The third-order valence-corrected chi connectivity index (χ3v) is 2.87. The third kappa shape index (κ3) is 5.07. The molecule has 0 aliphatic rings. The molecule has 0 aliphatic heterocycles. The Morgan fingerprint density at radius 3 is 2.56 bits per heavy atom. The fourth-order valence-electron chi connectivity index (χ4n) is 0.868. The molecule has 1 aromatic carbocycles. The van der Waals surface area contributed by atoms with Gasteiger partial charge in [0.15, 0.2) is 0 Å². The van der Waals surface area contributed by atoms with Crippen LogP contribution in [0.2, 0.25) is 0 Å². The molecule has 0 saturated heterocycles. The summed E-state index contributed by atoms with van der Waals surface area (Å²) in [7, 11) is 0. The van der Waals surface area contributed by atoms with Gasteiger partial charge in [-0.2, -0.15) is 13.2 Å². The summed E-state index contributed by atoms with van der Waals surface area (Å²) in [4.78, 5) is 0. The summed E-state index contributed by atoms with van der Waals surface area (Å²) >= 11 is 3.91. The highest BCUT2D eigenvalue weighted by atomic mass is 79.9. The monoisotopic (exact) mass is 317 g/mol. The first kappa shape index (κ1) is 13.6. The van der Waals surface area contributed by atoms with Gasteiger partial charge in [-0.15, -0.1) is 0 Å². The zero-order valence-electron chi connectivity index (χ0n) is 7.94. The molecule has 16 heavy (non-hydrogen) atoms. The average Bonchev–Trinajstić information content (AvgIpc) is 2.13. The van der Waals surface area contributed by atoms with Crippen molar-refractivity contribution in [3.63, 3.8) is 0 Å². The van der Waals surface area contributed by atoms with Crippen molar-refractivity contribution in [3.05, 3.63) is 28.5 Å². The smallest absolute Gasteiger partial charge is 0.327 e. The van der Waals surface area contributed by atoms with E-state index in [0.29, 0.717) is 4.47 Å². The lowest BCUT2D eigenvalue weighted by molar-refractivity contribution is -0.129. The number of benzene rings is 1. The Labute approximate surface area is 103 Å². The van der Waals surface area contributed by atoms with Crippen molar-refractivity contribution in [2.24, 2.45) is 0 Å². The first-order chi connectivity index (χ1) is 7.38. The van der Waals surface area contributed by atoms with Gasteiger partial charge in [-0.1, -0.05) is 27.9 Å². The molecule has 1 nitrogen and oxygen atoms in total. The predicted molar refractivity (Wildman–Crippen MR) is 60.9 cm³/mol. The van der Waals surface area contributed by atoms with Crippen LogP contribution in [0.3, 0.4) is 0 Å². The second kappa shape index (κ2) is 5.77. The van der Waals surface area contributed by atoms with Gasteiger partial charge in [0.05, 0.1) is 12.1 Å². The van der Waals surface area contributed by atoms with Gasteiger partial charge in [0.25, 0.3) is 0 Å². The van der Waals surface area contributed by atoms with Gasteiger partial charge >= 0.3 is 6.18 Å². The Morgan fingerprint density at radius 1 is 1.31 bits per heavy atom. The predicted octanol–water partition coefficient (Wildman–Crippen LogP) is 4.60. The standard InChI is InChI=1S/C9H8BrF4NS/c10-6-1-2-8(7(11)5-6)15-16-4-3-9(12,13)14/h1-2,5,15H,3-4H2. The van der Waals surface area contributed by atoms with Crippen molar-refractivity contribution >= 4 is 33.6 Å². The highest BCUT2D eigenvalue weighted by Gasteiger charge is 2.26. The Bertz CT molecular complexity index is 356. The number of anilines is 1. The lowest BCUT2D eigenvalue weighted by Gasteiger charge is -2.08. The zero-order valence-corrected chi connectivity index (χ0v) is 10.3. The number of hydrogen-bond acceptors (Lipinski definition) is 2. The zero-order chi connectivity index (χ0) is 12.2. The van der Waals surface area contributed by atoms with Gasteiger partial charge in [-0.3, -0.25) is 0 Å². The van der Waals surface area contributed by atoms with E-state index in [1.54, 1.807) is 6.07 Å². The lowest BCUT2D eigenvalue weighted by Crippen LogP contribution is -2.09. The summed E-state index contributed by atoms with van der Waals surface area (Å²) in [5.41, 5.74) is 0.176. The van der Waals surface area contributed by atoms with Gasteiger partial charge in [-0.25, -0.2) is 4.39 Å². The first-order valence-electron chi connectivity index (χ1n) is 4.28. The van der Waals surface area contributed by atoms with Crippen LogP contribution < -0.4 is 4.72 Å². The van der Waals surface area contributed by atoms with Gasteiger partial charge in [-0.05, 0) is 18.2 Å². The Hall–Kier alpha value is -0.430. The quantitative estimate of drug-likeness (QED) is 0.495. The number of halogens is 5. The first-order valence-corrected chi connectivity index (χ1v) is 6.06. The molecule has 1 rings (SSSR count). The van der Waals surface area contributed by atoms with Crippen LogP contribution in [0.5, 0.6) is 0 Å². The van der Waals surface area contributed by atoms with Gasteiger partial charge in [0, 0.05) is 10.2 Å². The summed E-state index contributed by atoms with van der Waals surface area (Å²) in [5, 5.41) is 0. The summed E-state index contributed by atoms with van der Waals surface area (Å²) in [6.07, 6.45) is -5.07. The minimum atomic E-state index is -4.17. The molecule has 1 N–H and O–H groups in total. The molecule has 90 valence electrons. The number of alkyl halides is 3. The summed E-state index contributed by atoms with van der Waals surface area (Å²) in [6, 6.07) is 4.31. The Balaban J connectivity index is 2.38. The average molecular weight is 318 g/mol. The fourth-order valence-corrected chi connectivity index (χ4v) is 1.96. The van der Waals surface area contributed by atoms with Gasteiger partial charge in [0.2, 0.25) is 0 Å². The van der Waals surface area contributed by atoms with Crippen LogP contribution in [0.4, 0.5) is 23.2 Å². The molecule has 0 aromatic heterocycles. The van der Waals surface area contributed by atoms with Crippen LogP contribution in [0.15, 0.2) is 22.7 Å². The maximum Gasteiger partial charge on any atom is 0.389 e. The fraction of sp³-hybridized carbons (Fsp3) is 0.333. The van der Waals surface area contributed by atoms with E-state index in [2.05, 4.69) is 20.7 Å². The summed E-state index contributed by atoms with van der Waals surface area (Å²) < 4.78 is 51.7. The van der Waals surface area contributed by atoms with Crippen LogP contribution in [0, 0.1) is 5.82 Å². The van der Waals surface area contributed by atoms with Crippen LogP contribution in [0.1, 0.15) is 6.42 Å². The topological polar surface area (TPSA) is 12.0 Å². The van der Waals surface area contributed by atoms with E-state index >= 15 is 0 Å².